The molecule has 4 aliphatic rings. The number of allylic oxidation sites excluding steroid dienone is 1. The number of amides is 1. The van der Waals surface area contributed by atoms with Crippen molar-refractivity contribution in [3.8, 4) is 0 Å². The maximum Gasteiger partial charge on any atom is 0.338 e. The van der Waals surface area contributed by atoms with Crippen molar-refractivity contribution in [2.45, 2.75) is 122 Å². The number of esters is 4. The lowest BCUT2D eigenvalue weighted by molar-refractivity contribution is -0.346. The summed E-state index contributed by atoms with van der Waals surface area (Å²) in [6, 6.07) is 14.8. The fourth-order valence-electron chi connectivity index (χ4n) is 9.75. The Morgan fingerprint density at radius 3 is 2.08 bits per heavy atom. The zero-order valence-electron chi connectivity index (χ0n) is 34.9. The first-order chi connectivity index (χ1) is 28.1. The van der Waals surface area contributed by atoms with E-state index in [0.29, 0.717) is 11.1 Å². The molecule has 322 valence electrons. The van der Waals surface area contributed by atoms with Gasteiger partial charge in [0.05, 0.1) is 35.6 Å². The van der Waals surface area contributed by atoms with Crippen LogP contribution in [0.25, 0.3) is 0 Å². The van der Waals surface area contributed by atoms with Crippen molar-refractivity contribution in [2.24, 2.45) is 16.7 Å². The van der Waals surface area contributed by atoms with E-state index in [9.17, 15) is 39.3 Å². The summed E-state index contributed by atoms with van der Waals surface area (Å²) in [4.78, 5) is 82.9. The molecule has 1 saturated heterocycles. The van der Waals surface area contributed by atoms with Crippen molar-refractivity contribution in [3.05, 3.63) is 94.6 Å². The van der Waals surface area contributed by atoms with E-state index in [4.69, 9.17) is 23.7 Å². The second-order valence-electron chi connectivity index (χ2n) is 17.0. The Kier molecular flexibility index (Phi) is 12.1. The first kappa shape index (κ1) is 44.3. The van der Waals surface area contributed by atoms with Crippen LogP contribution in [-0.4, -0.2) is 105 Å². The zero-order valence-corrected chi connectivity index (χ0v) is 34.9. The number of hydrogen-bond donors (Lipinski definition) is 4. The molecule has 3 aliphatic carbocycles. The number of aliphatic hydroxyl groups is 3. The molecule has 4 N–H and O–H groups in total. The van der Waals surface area contributed by atoms with Gasteiger partial charge in [-0.3, -0.25) is 19.2 Å². The molecule has 1 unspecified atom stereocenters. The van der Waals surface area contributed by atoms with E-state index in [2.05, 4.69) is 5.32 Å². The number of benzene rings is 2. The highest BCUT2D eigenvalue weighted by Crippen LogP contribution is 2.64. The largest absolute Gasteiger partial charge is 0.456 e. The Morgan fingerprint density at radius 1 is 0.917 bits per heavy atom. The molecule has 2 saturated carbocycles. The number of hydrogen-bond acceptors (Lipinski definition) is 14. The molecular weight excluding hydrogens is 778 g/mol. The minimum absolute atomic E-state index is 0.00140. The molecule has 11 atom stereocenters. The van der Waals surface area contributed by atoms with Gasteiger partial charge in [0.2, 0.25) is 5.91 Å². The maximum atomic E-state index is 15.4. The Hall–Kier alpha value is -5.22. The van der Waals surface area contributed by atoms with Crippen LogP contribution in [0, 0.1) is 16.7 Å². The van der Waals surface area contributed by atoms with Gasteiger partial charge >= 0.3 is 23.9 Å². The molecule has 2 aromatic rings. The number of Topliss-reactive ketones (excluding diaryl/α,β-unsaturated/α-hetero) is 1. The molecule has 60 heavy (non-hydrogen) atoms. The van der Waals surface area contributed by atoms with Crippen molar-refractivity contribution in [1.82, 2.24) is 5.32 Å². The quantitative estimate of drug-likeness (QED) is 0.117. The van der Waals surface area contributed by atoms with Crippen molar-refractivity contribution < 1.29 is 67.8 Å². The second-order valence-corrected chi connectivity index (χ2v) is 17.0. The minimum Gasteiger partial charge on any atom is -0.456 e. The summed E-state index contributed by atoms with van der Waals surface area (Å²) in [6.07, 6.45) is -8.88. The van der Waals surface area contributed by atoms with Gasteiger partial charge in [-0.1, -0.05) is 68.5 Å². The van der Waals surface area contributed by atoms with Gasteiger partial charge in [0.1, 0.15) is 23.9 Å². The summed E-state index contributed by atoms with van der Waals surface area (Å²) in [5, 5.41) is 40.0. The summed E-state index contributed by atoms with van der Waals surface area (Å²) >= 11 is 0. The van der Waals surface area contributed by atoms with Crippen LogP contribution in [-0.2, 0) is 47.7 Å². The fourth-order valence-corrected chi connectivity index (χ4v) is 9.75. The van der Waals surface area contributed by atoms with Gasteiger partial charge in [0.25, 0.3) is 0 Å². The van der Waals surface area contributed by atoms with Gasteiger partial charge in [0, 0.05) is 37.7 Å². The first-order valence-electron chi connectivity index (χ1n) is 19.9. The topological polar surface area (TPSA) is 221 Å². The number of nitrogens with one attached hydrogen (secondary N) is 1. The van der Waals surface area contributed by atoms with Crippen LogP contribution in [0.15, 0.2) is 83.5 Å². The van der Waals surface area contributed by atoms with Crippen molar-refractivity contribution in [3.63, 3.8) is 0 Å². The average molecular weight is 832 g/mol. The summed E-state index contributed by atoms with van der Waals surface area (Å²) in [6.45, 7) is 11.2. The molecule has 1 aliphatic heterocycles. The summed E-state index contributed by atoms with van der Waals surface area (Å²) in [7, 11) is 0. The van der Waals surface area contributed by atoms with Crippen molar-refractivity contribution in [1.29, 1.82) is 0 Å². The highest BCUT2D eigenvalue weighted by Gasteiger charge is 2.78. The average Bonchev–Trinajstić information content (AvgIpc) is 3.20. The number of aliphatic hydroxyl groups excluding tert-OH is 2. The predicted octanol–water partition coefficient (Wildman–Crippen LogP) is 3.39. The molecule has 3 fully saturated rings. The van der Waals surface area contributed by atoms with E-state index in [0.717, 1.165) is 13.8 Å². The smallest absolute Gasteiger partial charge is 0.338 e. The third kappa shape index (κ3) is 7.24. The number of carbonyl (C=O) groups is 6. The van der Waals surface area contributed by atoms with E-state index >= 15 is 4.79 Å². The zero-order chi connectivity index (χ0) is 44.1. The van der Waals surface area contributed by atoms with E-state index in [-0.39, 0.29) is 29.7 Å². The van der Waals surface area contributed by atoms with E-state index in [1.807, 2.05) is 0 Å². The predicted molar refractivity (Wildman–Crippen MR) is 211 cm³/mol. The second kappa shape index (κ2) is 16.3. The molecule has 0 aromatic heterocycles. The van der Waals surface area contributed by atoms with Gasteiger partial charge in [-0.15, -0.1) is 0 Å². The SMILES string of the molecule is CC=C(C)C(=O)N[C@H](c1ccccc1)[C@@H](O)C(=O)O[C@H]1C[C@]2(O)C(OC(=O)c3ccccc3)[C@H]3[C@]4(OC(C)=O)CO[C@H]4C[C@H](O)[C@@]3(C)C(=O)[C@@H](OC(C)=O)C(=C1C)C2(C)C. The lowest BCUT2D eigenvalue weighted by Gasteiger charge is -2.67. The molecule has 0 spiro atoms. The van der Waals surface area contributed by atoms with E-state index in [1.165, 1.54) is 26.0 Å². The number of carbonyl (C=O) groups excluding carboxylic acids is 6. The molecule has 15 nitrogen and oxygen atoms in total. The third-order valence-corrected chi connectivity index (χ3v) is 13.2. The van der Waals surface area contributed by atoms with Crippen molar-refractivity contribution >= 4 is 35.6 Å². The standard InChI is InChI=1S/C45H53NO14/c1-9-23(2)39(52)46-33(27-16-12-10-13-17-27)34(50)41(54)58-29-21-45(55)38(59-40(53)28-18-14-11-15-19-28)36-43(8,30(49)20-31-44(36,22-56-31)60-26(5)48)37(51)35(57-25(4)47)32(24(29)3)42(45,6)7/h9-19,29-31,33-36,38,49-50,55H,20-22H2,1-8H3,(H,46,52)/t29-,30-,31-,33+,34+,35-,36+,38?,43+,44-,45-/m0/s1. The number of fused-ring (bicyclic) bond motifs is 5. The lowest BCUT2D eigenvalue weighted by Crippen LogP contribution is -2.82. The van der Waals surface area contributed by atoms with Crippen LogP contribution < -0.4 is 5.32 Å². The van der Waals surface area contributed by atoms with Crippen LogP contribution in [0.4, 0.5) is 0 Å². The summed E-state index contributed by atoms with van der Waals surface area (Å²) < 4.78 is 30.2. The van der Waals surface area contributed by atoms with Gasteiger partial charge in [-0.05, 0) is 56.5 Å². The van der Waals surface area contributed by atoms with Crippen LogP contribution in [0.5, 0.6) is 0 Å². The van der Waals surface area contributed by atoms with Gasteiger partial charge in [-0.2, -0.15) is 0 Å². The fraction of sp³-hybridized carbons (Fsp3) is 0.511. The summed E-state index contributed by atoms with van der Waals surface area (Å²) in [5.74, 6) is -6.78. The molecule has 1 heterocycles. The molecule has 15 heteroatoms. The maximum absolute atomic E-state index is 15.4. The van der Waals surface area contributed by atoms with E-state index < -0.39 is 113 Å². The Labute approximate surface area is 348 Å². The molecule has 1 amide bonds. The Balaban J connectivity index is 1.56. The normalized spacial score (nSPS) is 32.9. The van der Waals surface area contributed by atoms with E-state index in [1.54, 1.807) is 82.3 Å². The summed E-state index contributed by atoms with van der Waals surface area (Å²) in [5.41, 5.74) is -6.91. The molecule has 6 rings (SSSR count). The molecule has 2 aromatic carbocycles. The van der Waals surface area contributed by atoms with Gasteiger partial charge in [-0.25, -0.2) is 9.59 Å². The molecule has 0 radical (unpaired) electrons. The number of ether oxygens (including phenoxy) is 5. The number of rotatable bonds is 10. The highest BCUT2D eigenvalue weighted by molar-refractivity contribution is 5.96. The van der Waals surface area contributed by atoms with Gasteiger partial charge in [0.15, 0.2) is 23.6 Å². The van der Waals surface area contributed by atoms with Crippen LogP contribution in [0.3, 0.4) is 0 Å². The van der Waals surface area contributed by atoms with Crippen LogP contribution >= 0.6 is 0 Å². The van der Waals surface area contributed by atoms with Gasteiger partial charge < -0.3 is 44.3 Å². The monoisotopic (exact) mass is 831 g/mol. The third-order valence-electron chi connectivity index (χ3n) is 13.2. The van der Waals surface area contributed by atoms with Crippen LogP contribution in [0.2, 0.25) is 0 Å². The molecule has 2 bridgehead atoms. The minimum atomic E-state index is -2.38. The Morgan fingerprint density at radius 2 is 1.53 bits per heavy atom. The lowest BCUT2D eigenvalue weighted by atomic mass is 9.44. The Bertz CT molecular complexity index is 2110. The number of ketones is 1. The first-order valence-corrected chi connectivity index (χ1v) is 19.9. The highest BCUT2D eigenvalue weighted by atomic mass is 16.6. The molecular formula is C45H53NO14. The van der Waals surface area contributed by atoms with Crippen molar-refractivity contribution in [2.75, 3.05) is 6.61 Å². The van der Waals surface area contributed by atoms with Crippen LogP contribution in [0.1, 0.15) is 90.2 Å².